The Balaban J connectivity index is 1.69. The summed E-state index contributed by atoms with van der Waals surface area (Å²) in [7, 11) is 0. The first-order valence-corrected chi connectivity index (χ1v) is 9.83. The molecule has 0 radical (unpaired) electrons. The van der Waals surface area contributed by atoms with Crippen LogP contribution in [0.25, 0.3) is 22.5 Å². The second kappa shape index (κ2) is 8.95. The SMILES string of the molecule is Oc1c(Cl)cc(Cl)cc1/C=N\Nc1nc(-c2ccccc2)cc(-c2ccccc2)n1. The lowest BCUT2D eigenvalue weighted by Gasteiger charge is -2.08. The van der Waals surface area contributed by atoms with Crippen molar-refractivity contribution in [1.29, 1.82) is 0 Å². The number of benzene rings is 3. The molecule has 2 N–H and O–H groups in total. The zero-order valence-electron chi connectivity index (χ0n) is 15.6. The van der Waals surface area contributed by atoms with Gasteiger partial charge in [-0.2, -0.15) is 5.10 Å². The van der Waals surface area contributed by atoms with Crippen molar-refractivity contribution in [3.8, 4) is 28.3 Å². The van der Waals surface area contributed by atoms with Crippen molar-refractivity contribution in [2.24, 2.45) is 5.10 Å². The van der Waals surface area contributed by atoms with Crippen LogP contribution in [0, 0.1) is 0 Å². The molecule has 4 rings (SSSR count). The van der Waals surface area contributed by atoms with Gasteiger partial charge in [0.1, 0.15) is 5.75 Å². The highest BCUT2D eigenvalue weighted by Crippen LogP contribution is 2.30. The van der Waals surface area contributed by atoms with Gasteiger partial charge < -0.3 is 5.11 Å². The Morgan fingerprint density at radius 1 is 0.800 bits per heavy atom. The highest BCUT2D eigenvalue weighted by molar-refractivity contribution is 6.36. The minimum absolute atomic E-state index is 0.101. The molecular weight excluding hydrogens is 419 g/mol. The monoisotopic (exact) mass is 434 g/mol. The topological polar surface area (TPSA) is 70.4 Å². The van der Waals surface area contributed by atoms with Gasteiger partial charge in [0.15, 0.2) is 0 Å². The van der Waals surface area contributed by atoms with E-state index in [1.54, 1.807) is 6.07 Å². The first kappa shape index (κ1) is 19.9. The lowest BCUT2D eigenvalue weighted by atomic mass is 10.1. The Kier molecular flexibility index (Phi) is 5.93. The van der Waals surface area contributed by atoms with Crippen molar-refractivity contribution in [1.82, 2.24) is 9.97 Å². The van der Waals surface area contributed by atoms with Crippen molar-refractivity contribution in [2.75, 3.05) is 5.43 Å². The first-order valence-electron chi connectivity index (χ1n) is 9.07. The van der Waals surface area contributed by atoms with E-state index in [1.807, 2.05) is 66.7 Å². The molecule has 0 aliphatic carbocycles. The van der Waals surface area contributed by atoms with Crippen molar-refractivity contribution in [3.63, 3.8) is 0 Å². The second-order valence-corrected chi connectivity index (χ2v) is 7.23. The van der Waals surface area contributed by atoms with E-state index in [0.717, 1.165) is 22.5 Å². The number of nitrogens with zero attached hydrogens (tertiary/aromatic N) is 3. The second-order valence-electron chi connectivity index (χ2n) is 6.39. The van der Waals surface area contributed by atoms with Crippen LogP contribution in [0.4, 0.5) is 5.95 Å². The molecule has 0 saturated heterocycles. The first-order chi connectivity index (χ1) is 14.6. The van der Waals surface area contributed by atoms with Crippen molar-refractivity contribution < 1.29 is 5.11 Å². The van der Waals surface area contributed by atoms with Crippen LogP contribution in [0.15, 0.2) is 84.0 Å². The third-order valence-electron chi connectivity index (χ3n) is 4.29. The van der Waals surface area contributed by atoms with E-state index in [0.29, 0.717) is 16.5 Å². The van der Waals surface area contributed by atoms with Crippen molar-refractivity contribution in [2.45, 2.75) is 0 Å². The summed E-state index contributed by atoms with van der Waals surface area (Å²) in [6.45, 7) is 0. The summed E-state index contributed by atoms with van der Waals surface area (Å²) in [5.41, 5.74) is 6.65. The Morgan fingerprint density at radius 2 is 1.37 bits per heavy atom. The number of phenols is 1. The van der Waals surface area contributed by atoms with Gasteiger partial charge in [0.05, 0.1) is 22.6 Å². The molecule has 0 aliphatic heterocycles. The molecule has 148 valence electrons. The number of aromatic nitrogens is 2. The van der Waals surface area contributed by atoms with Crippen LogP contribution in [0.3, 0.4) is 0 Å². The minimum atomic E-state index is -0.101. The van der Waals surface area contributed by atoms with Crippen molar-refractivity contribution in [3.05, 3.63) is 94.5 Å². The number of hydrogen-bond donors (Lipinski definition) is 2. The van der Waals surface area contributed by atoms with Crippen LogP contribution in [-0.2, 0) is 0 Å². The standard InChI is InChI=1S/C23H16Cl2N4O/c24-18-11-17(22(30)19(25)12-18)14-26-29-23-27-20(15-7-3-1-4-8-15)13-21(28-23)16-9-5-2-6-10-16/h1-14,30H,(H,27,28,29)/b26-14-. The molecular formula is C23H16Cl2N4O. The van der Waals surface area contributed by atoms with Gasteiger partial charge in [0, 0.05) is 21.7 Å². The van der Waals surface area contributed by atoms with Crippen LogP contribution >= 0.6 is 23.2 Å². The molecule has 30 heavy (non-hydrogen) atoms. The maximum absolute atomic E-state index is 10.1. The predicted octanol–water partition coefficient (Wildman–Crippen LogP) is 6.27. The van der Waals surface area contributed by atoms with E-state index >= 15 is 0 Å². The molecule has 0 aliphatic rings. The maximum atomic E-state index is 10.1. The lowest BCUT2D eigenvalue weighted by molar-refractivity contribution is 0.475. The molecule has 0 atom stereocenters. The summed E-state index contributed by atoms with van der Waals surface area (Å²) < 4.78 is 0. The lowest BCUT2D eigenvalue weighted by Crippen LogP contribution is -2.00. The zero-order chi connectivity index (χ0) is 20.9. The summed E-state index contributed by atoms with van der Waals surface area (Å²) >= 11 is 11.9. The number of anilines is 1. The normalized spacial score (nSPS) is 11.0. The highest BCUT2D eigenvalue weighted by atomic mass is 35.5. The minimum Gasteiger partial charge on any atom is -0.506 e. The summed E-state index contributed by atoms with van der Waals surface area (Å²) in [5, 5.41) is 14.8. The summed E-state index contributed by atoms with van der Waals surface area (Å²) in [6.07, 6.45) is 1.41. The molecule has 0 amide bonds. The van der Waals surface area contributed by atoms with Crippen LogP contribution < -0.4 is 5.43 Å². The fourth-order valence-corrected chi connectivity index (χ4v) is 3.36. The quantitative estimate of drug-likeness (QED) is 0.286. The Labute approximate surface area is 183 Å². The molecule has 4 aromatic rings. The fourth-order valence-electron chi connectivity index (χ4n) is 2.85. The number of halogens is 2. The van der Waals surface area contributed by atoms with Gasteiger partial charge in [-0.3, -0.25) is 0 Å². The van der Waals surface area contributed by atoms with Gasteiger partial charge >= 0.3 is 0 Å². The van der Waals surface area contributed by atoms with E-state index < -0.39 is 0 Å². The number of phenolic OH excluding ortho intramolecular Hbond substituents is 1. The van der Waals surface area contributed by atoms with Gasteiger partial charge in [-0.15, -0.1) is 0 Å². The Bertz CT molecular complexity index is 1140. The molecule has 1 heterocycles. The maximum Gasteiger partial charge on any atom is 0.244 e. The molecule has 5 nitrogen and oxygen atoms in total. The molecule has 3 aromatic carbocycles. The largest absolute Gasteiger partial charge is 0.506 e. The molecule has 0 bridgehead atoms. The highest BCUT2D eigenvalue weighted by Gasteiger charge is 2.09. The number of nitrogens with one attached hydrogen (secondary N) is 1. The molecule has 0 saturated carbocycles. The van der Waals surface area contributed by atoms with Crippen LogP contribution in [0.1, 0.15) is 5.56 Å². The molecule has 0 fully saturated rings. The average molecular weight is 435 g/mol. The third kappa shape index (κ3) is 4.59. The summed E-state index contributed by atoms with van der Waals surface area (Å²) in [5.74, 6) is 0.217. The number of aromatic hydroxyl groups is 1. The van der Waals surface area contributed by atoms with E-state index in [2.05, 4.69) is 20.5 Å². The van der Waals surface area contributed by atoms with E-state index in [9.17, 15) is 5.11 Å². The van der Waals surface area contributed by atoms with E-state index in [1.165, 1.54) is 12.3 Å². The van der Waals surface area contributed by atoms with Gasteiger partial charge in [-0.1, -0.05) is 83.9 Å². The van der Waals surface area contributed by atoms with Gasteiger partial charge in [0.2, 0.25) is 5.95 Å². The summed E-state index contributed by atoms with van der Waals surface area (Å²) in [6, 6.07) is 24.6. The molecule has 0 unspecified atom stereocenters. The number of rotatable bonds is 5. The molecule has 1 aromatic heterocycles. The predicted molar refractivity (Wildman–Crippen MR) is 122 cm³/mol. The summed E-state index contributed by atoms with van der Waals surface area (Å²) in [4.78, 5) is 9.13. The van der Waals surface area contributed by atoms with Crippen LogP contribution in [-0.4, -0.2) is 21.3 Å². The molecule has 7 heteroatoms. The number of hydrazone groups is 1. The number of hydrogen-bond acceptors (Lipinski definition) is 5. The average Bonchev–Trinajstić information content (AvgIpc) is 2.78. The Hall–Kier alpha value is -3.41. The van der Waals surface area contributed by atoms with E-state index in [-0.39, 0.29) is 10.8 Å². The third-order valence-corrected chi connectivity index (χ3v) is 4.80. The fraction of sp³-hybridized carbons (Fsp3) is 0. The van der Waals surface area contributed by atoms with Gasteiger partial charge in [-0.05, 0) is 18.2 Å². The van der Waals surface area contributed by atoms with Crippen LogP contribution in [0.5, 0.6) is 5.75 Å². The van der Waals surface area contributed by atoms with Gasteiger partial charge in [0.25, 0.3) is 0 Å². The Morgan fingerprint density at radius 3 is 1.93 bits per heavy atom. The van der Waals surface area contributed by atoms with E-state index in [4.69, 9.17) is 23.2 Å². The zero-order valence-corrected chi connectivity index (χ0v) is 17.1. The van der Waals surface area contributed by atoms with Crippen LogP contribution in [0.2, 0.25) is 10.0 Å². The smallest absolute Gasteiger partial charge is 0.244 e. The molecule has 0 spiro atoms. The van der Waals surface area contributed by atoms with Gasteiger partial charge in [-0.25, -0.2) is 15.4 Å². The van der Waals surface area contributed by atoms with Crippen molar-refractivity contribution >= 4 is 35.4 Å².